The second-order valence-corrected chi connectivity index (χ2v) is 12.5. The van der Waals surface area contributed by atoms with Crippen LogP contribution >= 0.6 is 0 Å². The number of hydrogen-bond donors (Lipinski definition) is 1. The second-order valence-electron chi connectivity index (χ2n) is 12.5. The lowest BCUT2D eigenvalue weighted by Crippen LogP contribution is -2.38. The first-order valence-corrected chi connectivity index (χ1v) is 14.9. The van der Waals surface area contributed by atoms with Crippen LogP contribution in [0.1, 0.15) is 72.6 Å². The first-order chi connectivity index (χ1) is 20.1. The van der Waals surface area contributed by atoms with E-state index in [4.69, 9.17) is 15.2 Å². The Kier molecular flexibility index (Phi) is 8.08. The predicted octanol–water partition coefficient (Wildman–Crippen LogP) is 6.15. The van der Waals surface area contributed by atoms with Crippen LogP contribution in [0, 0.1) is 18.8 Å². The van der Waals surface area contributed by atoms with Gasteiger partial charge in [0, 0.05) is 43.3 Å². The van der Waals surface area contributed by atoms with E-state index in [1.807, 2.05) is 0 Å². The van der Waals surface area contributed by atoms with Gasteiger partial charge in [-0.2, -0.15) is 23.1 Å². The molecule has 7 nitrogen and oxygen atoms in total. The van der Waals surface area contributed by atoms with Crippen LogP contribution in [0.2, 0.25) is 0 Å². The minimum absolute atomic E-state index is 0.0517. The molecule has 4 atom stereocenters. The number of fused-ring (bicyclic) bond motifs is 4. The number of halogens is 4. The molecule has 1 aromatic carbocycles. The number of nitrogens with zero attached hydrogens (tertiary/aromatic N) is 4. The van der Waals surface area contributed by atoms with Crippen molar-refractivity contribution >= 4 is 11.5 Å². The van der Waals surface area contributed by atoms with E-state index in [2.05, 4.69) is 19.8 Å². The number of hydrogen-bond acceptors (Lipinski definition) is 7. The maximum Gasteiger partial charge on any atom is 0.417 e. The summed E-state index contributed by atoms with van der Waals surface area (Å²) in [5.41, 5.74) is 8.14. The van der Waals surface area contributed by atoms with Gasteiger partial charge in [0.2, 0.25) is 0 Å². The van der Waals surface area contributed by atoms with Gasteiger partial charge in [-0.25, -0.2) is 4.39 Å². The van der Waals surface area contributed by atoms with Crippen molar-refractivity contribution in [2.75, 3.05) is 43.9 Å². The fraction of sp³-hybridized carbons (Fsp3) is 0.613. The molecule has 1 aliphatic carbocycles. The summed E-state index contributed by atoms with van der Waals surface area (Å²) in [6.45, 7) is 5.51. The number of alkyl halides is 3. The van der Waals surface area contributed by atoms with Crippen LogP contribution in [0.3, 0.4) is 0 Å². The van der Waals surface area contributed by atoms with Crippen LogP contribution in [0.5, 0.6) is 6.01 Å². The maximum atomic E-state index is 13.8. The molecule has 4 fully saturated rings. The molecule has 3 saturated heterocycles. The summed E-state index contributed by atoms with van der Waals surface area (Å²) < 4.78 is 64.9. The van der Waals surface area contributed by atoms with Crippen molar-refractivity contribution in [3.05, 3.63) is 52.0 Å². The zero-order valence-corrected chi connectivity index (χ0v) is 24.2. The number of piperidine rings is 1. The topological polar surface area (TPSA) is 76.7 Å². The van der Waals surface area contributed by atoms with Gasteiger partial charge in [0.25, 0.3) is 0 Å². The van der Waals surface area contributed by atoms with Crippen LogP contribution in [-0.4, -0.2) is 54.2 Å². The quantitative estimate of drug-likeness (QED) is 0.340. The lowest BCUT2D eigenvalue weighted by atomic mass is 9.91. The van der Waals surface area contributed by atoms with Gasteiger partial charge in [-0.05, 0) is 92.7 Å². The van der Waals surface area contributed by atoms with E-state index in [0.29, 0.717) is 23.6 Å². The molecule has 42 heavy (non-hydrogen) atoms. The highest BCUT2D eigenvalue weighted by molar-refractivity contribution is 5.54. The molecule has 1 aromatic heterocycles. The Morgan fingerprint density at radius 1 is 1.10 bits per heavy atom. The van der Waals surface area contributed by atoms with Crippen LogP contribution in [-0.2, 0) is 23.9 Å². The van der Waals surface area contributed by atoms with Crippen molar-refractivity contribution in [3.8, 4) is 6.01 Å². The first-order valence-electron chi connectivity index (χ1n) is 14.9. The van der Waals surface area contributed by atoms with E-state index in [9.17, 15) is 17.6 Å². The van der Waals surface area contributed by atoms with Crippen LogP contribution in [0.25, 0.3) is 0 Å². The van der Waals surface area contributed by atoms with E-state index < -0.39 is 17.8 Å². The number of nitrogens with two attached hydrogens (primary N) is 1. The van der Waals surface area contributed by atoms with Gasteiger partial charge in [-0.1, -0.05) is 0 Å². The van der Waals surface area contributed by atoms with E-state index in [1.54, 1.807) is 0 Å². The van der Waals surface area contributed by atoms with Crippen molar-refractivity contribution in [3.63, 3.8) is 0 Å². The molecule has 5 heterocycles. The SMILES string of the molecule is COc1nc2c(c(N3CC4CCC(C4)C3)n1)COC(c1cc(N)cc(C)c1C(F)(F)F)C2.F/C=C1/CC2CCCN2C1. The van der Waals surface area contributed by atoms with Crippen LogP contribution < -0.4 is 15.4 Å². The summed E-state index contributed by atoms with van der Waals surface area (Å²) in [6, 6.07) is 3.63. The van der Waals surface area contributed by atoms with Gasteiger partial charge in [0.15, 0.2) is 0 Å². The van der Waals surface area contributed by atoms with Gasteiger partial charge < -0.3 is 20.1 Å². The molecule has 11 heteroatoms. The predicted molar refractivity (Wildman–Crippen MR) is 152 cm³/mol. The summed E-state index contributed by atoms with van der Waals surface area (Å²) in [4.78, 5) is 13.8. The molecule has 228 valence electrons. The van der Waals surface area contributed by atoms with E-state index in [1.165, 1.54) is 64.8 Å². The molecule has 0 amide bonds. The van der Waals surface area contributed by atoms with E-state index in [0.717, 1.165) is 49.3 Å². The van der Waals surface area contributed by atoms with Gasteiger partial charge in [0.1, 0.15) is 5.82 Å². The van der Waals surface area contributed by atoms with Gasteiger partial charge in [-0.15, -0.1) is 0 Å². The minimum atomic E-state index is -4.50. The number of methoxy groups -OCH3 is 1. The van der Waals surface area contributed by atoms with Crippen molar-refractivity contribution in [1.29, 1.82) is 0 Å². The lowest BCUT2D eigenvalue weighted by molar-refractivity contribution is -0.140. The second kappa shape index (κ2) is 11.6. The van der Waals surface area contributed by atoms with Crippen LogP contribution in [0.4, 0.5) is 29.1 Å². The van der Waals surface area contributed by atoms with E-state index in [-0.39, 0.29) is 35.9 Å². The van der Waals surface area contributed by atoms with Gasteiger partial charge >= 0.3 is 12.2 Å². The van der Waals surface area contributed by atoms with Crippen molar-refractivity contribution in [1.82, 2.24) is 14.9 Å². The molecule has 4 unspecified atom stereocenters. The summed E-state index contributed by atoms with van der Waals surface area (Å²) in [6.07, 6.45) is 2.99. The zero-order chi connectivity index (χ0) is 29.6. The number of rotatable bonds is 3. The number of nitrogen functional groups attached to an aromatic ring is 1. The smallest absolute Gasteiger partial charge is 0.417 e. The molecule has 2 N–H and O–H groups in total. The number of ether oxygens (including phenoxy) is 2. The molecule has 4 aliphatic heterocycles. The summed E-state index contributed by atoms with van der Waals surface area (Å²) >= 11 is 0. The Balaban J connectivity index is 0.000000265. The standard InChI is InChI=1S/C23H27F3N4O2.C8H12FN/c1-12-5-15(27)7-16(20(12)23(24,25)26)19-8-18-17(11-32-19)21(29-22(28-18)31-2)30-9-13-3-4-14(6-13)10-30;9-5-7-4-8-2-1-3-10(8)6-7/h5,7,13-14,19H,3-4,6,8-11,27H2,1-2H3;5,8H,1-4,6H2/b;7-5-. The molecule has 1 saturated carbocycles. The first kappa shape index (κ1) is 29.2. The highest BCUT2D eigenvalue weighted by Gasteiger charge is 2.40. The lowest BCUT2D eigenvalue weighted by Gasteiger charge is -2.36. The van der Waals surface area contributed by atoms with Crippen molar-refractivity contribution in [2.45, 2.75) is 76.8 Å². The van der Waals surface area contributed by atoms with Gasteiger partial charge in [-0.3, -0.25) is 4.90 Å². The number of anilines is 2. The Bertz CT molecular complexity index is 1320. The highest BCUT2D eigenvalue weighted by atomic mass is 19.4. The molecule has 2 aromatic rings. The summed E-state index contributed by atoms with van der Waals surface area (Å²) in [5.74, 6) is 2.11. The monoisotopic (exact) mass is 589 g/mol. The number of aryl methyl sites for hydroxylation is 1. The van der Waals surface area contributed by atoms with Crippen molar-refractivity contribution in [2.24, 2.45) is 11.8 Å². The molecule has 5 aliphatic rings. The molecule has 0 spiro atoms. The average molecular weight is 590 g/mol. The summed E-state index contributed by atoms with van der Waals surface area (Å²) in [7, 11) is 1.51. The summed E-state index contributed by atoms with van der Waals surface area (Å²) in [5, 5.41) is 0. The molecule has 7 rings (SSSR count). The van der Waals surface area contributed by atoms with Crippen LogP contribution in [0.15, 0.2) is 24.0 Å². The highest BCUT2D eigenvalue weighted by Crippen LogP contribution is 2.44. The third kappa shape index (κ3) is 5.82. The van der Waals surface area contributed by atoms with Crippen molar-refractivity contribution < 1.29 is 27.0 Å². The Morgan fingerprint density at radius 2 is 1.86 bits per heavy atom. The molecule has 2 bridgehead atoms. The third-order valence-electron chi connectivity index (χ3n) is 9.52. The fourth-order valence-electron chi connectivity index (χ4n) is 7.69. The van der Waals surface area contributed by atoms with E-state index >= 15 is 0 Å². The normalized spacial score (nSPS) is 28.0. The third-order valence-corrected chi connectivity index (χ3v) is 9.52. The molecular formula is C31H39F4N5O2. The molecule has 0 radical (unpaired) electrons. The average Bonchev–Trinajstić information content (AvgIpc) is 3.65. The Labute approximate surface area is 244 Å². The number of benzene rings is 1. The fourth-order valence-corrected chi connectivity index (χ4v) is 7.69. The molecular weight excluding hydrogens is 550 g/mol. The Morgan fingerprint density at radius 3 is 2.52 bits per heavy atom. The Hall–Kier alpha value is -2.92. The largest absolute Gasteiger partial charge is 0.467 e. The number of aromatic nitrogens is 2. The maximum absolute atomic E-state index is 13.8. The van der Waals surface area contributed by atoms with Gasteiger partial charge in [0.05, 0.1) is 37.4 Å². The zero-order valence-electron chi connectivity index (χ0n) is 24.2. The minimum Gasteiger partial charge on any atom is -0.467 e.